The molecule has 0 radical (unpaired) electrons. The van der Waals surface area contributed by atoms with Crippen molar-refractivity contribution in [2.24, 2.45) is 0 Å². The largest absolute Gasteiger partial charge is 0.489 e. The van der Waals surface area contributed by atoms with Gasteiger partial charge in [-0.1, -0.05) is 42.5 Å². The fourth-order valence-corrected chi connectivity index (χ4v) is 2.57. The van der Waals surface area contributed by atoms with E-state index in [1.54, 1.807) is 24.7 Å². The van der Waals surface area contributed by atoms with Crippen molar-refractivity contribution in [3.05, 3.63) is 90.5 Å². The maximum atomic E-state index is 11.9. The van der Waals surface area contributed by atoms with Crippen LogP contribution in [0.5, 0.6) is 5.75 Å². The Morgan fingerprint density at radius 2 is 2.04 bits per heavy atom. The highest BCUT2D eigenvalue weighted by molar-refractivity contribution is 5.91. The van der Waals surface area contributed by atoms with Crippen LogP contribution in [0, 0.1) is 0 Å². The second-order valence-corrected chi connectivity index (χ2v) is 6.13. The van der Waals surface area contributed by atoms with Crippen LogP contribution in [-0.4, -0.2) is 22.0 Å². The molecule has 5 nitrogen and oxygen atoms in total. The fraction of sp³-hybridized carbons (Fsp3) is 0.182. The third kappa shape index (κ3) is 6.47. The average Bonchev–Trinajstić information content (AvgIpc) is 3.23. The van der Waals surface area contributed by atoms with E-state index in [2.05, 4.69) is 10.3 Å². The van der Waals surface area contributed by atoms with Crippen molar-refractivity contribution >= 4 is 12.0 Å². The molecule has 138 valence electrons. The van der Waals surface area contributed by atoms with E-state index in [9.17, 15) is 4.79 Å². The van der Waals surface area contributed by atoms with Gasteiger partial charge in [-0.05, 0) is 35.8 Å². The lowest BCUT2D eigenvalue weighted by Crippen LogP contribution is -2.22. The van der Waals surface area contributed by atoms with E-state index in [1.165, 1.54) is 0 Å². The van der Waals surface area contributed by atoms with Crippen LogP contribution < -0.4 is 10.1 Å². The minimum atomic E-state index is -0.101. The van der Waals surface area contributed by atoms with Crippen LogP contribution in [0.3, 0.4) is 0 Å². The molecule has 0 fully saturated rings. The zero-order chi connectivity index (χ0) is 18.7. The van der Waals surface area contributed by atoms with Gasteiger partial charge in [0, 0.05) is 31.6 Å². The minimum absolute atomic E-state index is 0.101. The molecule has 2 aromatic carbocycles. The fourth-order valence-electron chi connectivity index (χ4n) is 2.57. The molecule has 0 bridgehead atoms. The number of amides is 1. The molecule has 5 heteroatoms. The molecule has 0 atom stereocenters. The average molecular weight is 361 g/mol. The number of nitrogens with one attached hydrogen (secondary N) is 1. The molecule has 0 saturated carbocycles. The molecule has 1 amide bonds. The molecule has 3 rings (SSSR count). The van der Waals surface area contributed by atoms with Gasteiger partial charge in [-0.3, -0.25) is 4.79 Å². The van der Waals surface area contributed by atoms with Crippen LogP contribution in [0.15, 0.2) is 79.4 Å². The normalized spacial score (nSPS) is 10.8. The Kier molecular flexibility index (Phi) is 6.81. The Balaban J connectivity index is 1.43. The van der Waals surface area contributed by atoms with Gasteiger partial charge >= 0.3 is 0 Å². The molecule has 1 heterocycles. The molecule has 0 unspecified atom stereocenters. The highest BCUT2D eigenvalue weighted by Gasteiger charge is 1.99. The predicted octanol–water partition coefficient (Wildman–Crippen LogP) is 3.68. The number of carbonyl (C=O) groups excluding carboxylic acids is 1. The van der Waals surface area contributed by atoms with Gasteiger partial charge in [0.1, 0.15) is 12.4 Å². The third-order valence-electron chi connectivity index (χ3n) is 3.99. The van der Waals surface area contributed by atoms with Gasteiger partial charge in [0.25, 0.3) is 0 Å². The van der Waals surface area contributed by atoms with Crippen molar-refractivity contribution in [3.8, 4) is 5.75 Å². The SMILES string of the molecule is O=C(/C=C/c1cccc(OCc2ccccc2)c1)NCCCn1ccnc1. The number of benzene rings is 2. The molecule has 1 aromatic heterocycles. The zero-order valence-corrected chi connectivity index (χ0v) is 15.1. The molecule has 0 saturated heterocycles. The van der Waals surface area contributed by atoms with E-state index in [-0.39, 0.29) is 5.91 Å². The molecule has 0 spiro atoms. The first-order valence-electron chi connectivity index (χ1n) is 8.98. The second kappa shape index (κ2) is 9.97. The summed E-state index contributed by atoms with van der Waals surface area (Å²) in [6.45, 7) is 1.98. The lowest BCUT2D eigenvalue weighted by Gasteiger charge is -2.07. The summed E-state index contributed by atoms with van der Waals surface area (Å²) in [7, 11) is 0. The minimum Gasteiger partial charge on any atom is -0.489 e. The van der Waals surface area contributed by atoms with Crippen LogP contribution in [0.2, 0.25) is 0 Å². The smallest absolute Gasteiger partial charge is 0.244 e. The summed E-state index contributed by atoms with van der Waals surface area (Å²) in [5.41, 5.74) is 2.04. The van der Waals surface area contributed by atoms with E-state index >= 15 is 0 Å². The lowest BCUT2D eigenvalue weighted by molar-refractivity contribution is -0.116. The Morgan fingerprint density at radius 1 is 1.15 bits per heavy atom. The molecule has 0 aliphatic rings. The van der Waals surface area contributed by atoms with Crippen molar-refractivity contribution in [2.45, 2.75) is 19.6 Å². The van der Waals surface area contributed by atoms with Gasteiger partial charge in [-0.25, -0.2) is 4.98 Å². The van der Waals surface area contributed by atoms with Crippen LogP contribution in [-0.2, 0) is 17.9 Å². The van der Waals surface area contributed by atoms with E-state index in [4.69, 9.17) is 4.74 Å². The number of ether oxygens (including phenoxy) is 1. The number of aryl methyl sites for hydroxylation is 1. The van der Waals surface area contributed by atoms with E-state index in [0.717, 1.165) is 29.8 Å². The summed E-state index contributed by atoms with van der Waals surface area (Å²) in [6.07, 6.45) is 9.63. The van der Waals surface area contributed by atoms with Gasteiger partial charge in [0.15, 0.2) is 0 Å². The van der Waals surface area contributed by atoms with E-state index < -0.39 is 0 Å². The molecule has 3 aromatic rings. The maximum Gasteiger partial charge on any atom is 0.244 e. The van der Waals surface area contributed by atoms with Crippen LogP contribution in [0.25, 0.3) is 6.08 Å². The molecular formula is C22H23N3O2. The van der Waals surface area contributed by atoms with Crippen molar-refractivity contribution in [1.29, 1.82) is 0 Å². The summed E-state index contributed by atoms with van der Waals surface area (Å²) in [5.74, 6) is 0.679. The first kappa shape index (κ1) is 18.5. The number of carbonyl (C=O) groups is 1. The topological polar surface area (TPSA) is 56.1 Å². The Hall–Kier alpha value is -3.34. The number of rotatable bonds is 9. The highest BCUT2D eigenvalue weighted by atomic mass is 16.5. The number of hydrogen-bond donors (Lipinski definition) is 1. The van der Waals surface area contributed by atoms with Crippen molar-refractivity contribution in [2.75, 3.05) is 6.54 Å². The Labute approximate surface area is 159 Å². The molecule has 27 heavy (non-hydrogen) atoms. The third-order valence-corrected chi connectivity index (χ3v) is 3.99. The van der Waals surface area contributed by atoms with Gasteiger partial charge in [-0.15, -0.1) is 0 Å². The van der Waals surface area contributed by atoms with Crippen molar-refractivity contribution in [3.63, 3.8) is 0 Å². The Morgan fingerprint density at radius 3 is 2.85 bits per heavy atom. The summed E-state index contributed by atoms with van der Waals surface area (Å²) in [4.78, 5) is 15.9. The summed E-state index contributed by atoms with van der Waals surface area (Å²) >= 11 is 0. The van der Waals surface area contributed by atoms with Crippen LogP contribution in [0.1, 0.15) is 17.5 Å². The van der Waals surface area contributed by atoms with Gasteiger partial charge in [0.2, 0.25) is 5.91 Å². The second-order valence-electron chi connectivity index (χ2n) is 6.13. The standard InChI is InChI=1S/C22H23N3O2/c26-22(24-12-5-14-25-15-13-23-18-25)11-10-19-8-4-9-21(16-19)27-17-20-6-2-1-3-7-20/h1-4,6-11,13,15-16,18H,5,12,14,17H2,(H,24,26)/b11-10+. The molecule has 0 aliphatic carbocycles. The molecule has 0 aliphatic heterocycles. The van der Waals surface area contributed by atoms with Crippen molar-refractivity contribution in [1.82, 2.24) is 14.9 Å². The molecule has 1 N–H and O–H groups in total. The van der Waals surface area contributed by atoms with E-state index in [1.807, 2.05) is 65.4 Å². The number of nitrogens with zero attached hydrogens (tertiary/aromatic N) is 2. The zero-order valence-electron chi connectivity index (χ0n) is 15.1. The number of imidazole rings is 1. The predicted molar refractivity (Wildman–Crippen MR) is 106 cm³/mol. The van der Waals surface area contributed by atoms with Gasteiger partial charge < -0.3 is 14.6 Å². The van der Waals surface area contributed by atoms with Crippen LogP contribution >= 0.6 is 0 Å². The summed E-state index contributed by atoms with van der Waals surface area (Å²) < 4.78 is 7.80. The summed E-state index contributed by atoms with van der Waals surface area (Å²) in [5, 5.41) is 2.89. The highest BCUT2D eigenvalue weighted by Crippen LogP contribution is 2.16. The monoisotopic (exact) mass is 361 g/mol. The van der Waals surface area contributed by atoms with Crippen LogP contribution in [0.4, 0.5) is 0 Å². The van der Waals surface area contributed by atoms with Gasteiger partial charge in [-0.2, -0.15) is 0 Å². The van der Waals surface area contributed by atoms with Crippen molar-refractivity contribution < 1.29 is 9.53 Å². The number of hydrogen-bond acceptors (Lipinski definition) is 3. The maximum absolute atomic E-state index is 11.9. The lowest BCUT2D eigenvalue weighted by atomic mass is 10.2. The first-order valence-corrected chi connectivity index (χ1v) is 8.98. The summed E-state index contributed by atoms with van der Waals surface area (Å²) in [6, 6.07) is 17.7. The van der Waals surface area contributed by atoms with E-state index in [0.29, 0.717) is 13.2 Å². The quantitative estimate of drug-likeness (QED) is 0.467. The van der Waals surface area contributed by atoms with Gasteiger partial charge in [0.05, 0.1) is 6.33 Å². The first-order chi connectivity index (χ1) is 13.3. The number of aromatic nitrogens is 2. The Bertz CT molecular complexity index is 858. The molecular weight excluding hydrogens is 338 g/mol.